The van der Waals surface area contributed by atoms with Crippen molar-refractivity contribution in [2.24, 2.45) is 0 Å². The lowest BCUT2D eigenvalue weighted by Gasteiger charge is -2.31. The molecule has 3 rings (SSSR count). The number of aryl methyl sites for hydroxylation is 2. The van der Waals surface area contributed by atoms with Gasteiger partial charge in [-0.05, 0) is 33.3 Å². The second-order valence-electron chi connectivity index (χ2n) is 7.97. The maximum atomic E-state index is 12.8. The van der Waals surface area contributed by atoms with Gasteiger partial charge in [0, 0.05) is 43.4 Å². The highest BCUT2D eigenvalue weighted by molar-refractivity contribution is 6.31. The largest absolute Gasteiger partial charge is 0.492 e. The molecule has 0 saturated carbocycles. The minimum absolute atomic E-state index is 0.292. The third-order valence-corrected chi connectivity index (χ3v) is 5.90. The predicted octanol–water partition coefficient (Wildman–Crippen LogP) is 4.93. The van der Waals surface area contributed by atoms with Gasteiger partial charge in [0.1, 0.15) is 16.7 Å². The van der Waals surface area contributed by atoms with Crippen molar-refractivity contribution < 1.29 is 19.0 Å². The van der Waals surface area contributed by atoms with E-state index in [0.29, 0.717) is 48.8 Å². The Hall–Kier alpha value is -2.71. The van der Waals surface area contributed by atoms with Crippen molar-refractivity contribution in [3.63, 3.8) is 0 Å². The van der Waals surface area contributed by atoms with Crippen LogP contribution in [-0.2, 0) is 16.1 Å². The molecule has 1 aliphatic rings. The van der Waals surface area contributed by atoms with Crippen LogP contribution in [0.4, 0.5) is 11.4 Å². The Labute approximate surface area is 206 Å². The van der Waals surface area contributed by atoms with E-state index in [1.807, 2.05) is 32.9 Å². The van der Waals surface area contributed by atoms with Crippen LogP contribution in [0.3, 0.4) is 0 Å². The minimum Gasteiger partial charge on any atom is -0.492 e. The smallest absolute Gasteiger partial charge is 0.248 e. The Morgan fingerprint density at radius 1 is 1.18 bits per heavy atom. The molecule has 8 nitrogen and oxygen atoms in total. The van der Waals surface area contributed by atoms with E-state index in [0.717, 1.165) is 49.4 Å². The Kier molecular flexibility index (Phi) is 9.65. The topological polar surface area (TPSA) is 77.9 Å². The highest BCUT2D eigenvalue weighted by Crippen LogP contribution is 2.39. The molecule has 1 amide bonds. The summed E-state index contributed by atoms with van der Waals surface area (Å²) >= 11 is 6.49. The number of hydrogen-bond donors (Lipinski definition) is 1. The van der Waals surface area contributed by atoms with Crippen LogP contribution in [-0.4, -0.2) is 55.2 Å². The fourth-order valence-electron chi connectivity index (χ4n) is 3.79. The van der Waals surface area contributed by atoms with E-state index in [1.165, 1.54) is 6.08 Å². The number of ether oxygens (including phenoxy) is 3. The molecule has 1 aromatic carbocycles. The normalized spacial score (nSPS) is 14.0. The highest BCUT2D eigenvalue weighted by atomic mass is 35.5. The van der Waals surface area contributed by atoms with Gasteiger partial charge in [0.05, 0.1) is 43.5 Å². The standard InChI is InChI=1S/C25H35ClN4O4/c1-5-8-11-30-25(26)19(18(4)28-30)9-10-24(31)27-20-16-23(34-7-3)21(17-22(20)33-6-2)29-12-14-32-15-13-29/h9-10,16-17H,5-8,11-15H2,1-4H3,(H,27,31)/b10-9+. The van der Waals surface area contributed by atoms with Crippen molar-refractivity contribution in [1.82, 2.24) is 9.78 Å². The molecule has 2 heterocycles. The summed E-state index contributed by atoms with van der Waals surface area (Å²) in [5, 5.41) is 7.96. The van der Waals surface area contributed by atoms with Crippen LogP contribution in [0.25, 0.3) is 6.08 Å². The third kappa shape index (κ3) is 6.45. The number of aromatic nitrogens is 2. The molecule has 34 heavy (non-hydrogen) atoms. The maximum absolute atomic E-state index is 12.8. The first-order valence-corrected chi connectivity index (χ1v) is 12.3. The van der Waals surface area contributed by atoms with Crippen LogP contribution in [0, 0.1) is 6.92 Å². The number of benzene rings is 1. The van der Waals surface area contributed by atoms with Crippen LogP contribution in [0.5, 0.6) is 11.5 Å². The van der Waals surface area contributed by atoms with Crippen molar-refractivity contribution in [3.8, 4) is 11.5 Å². The van der Waals surface area contributed by atoms with Crippen LogP contribution in [0.1, 0.15) is 44.9 Å². The molecule has 0 radical (unpaired) electrons. The lowest BCUT2D eigenvalue weighted by atomic mass is 10.2. The van der Waals surface area contributed by atoms with E-state index in [-0.39, 0.29) is 5.91 Å². The SMILES string of the molecule is CCCCn1nc(C)c(/C=C/C(=O)Nc2cc(OCC)c(N3CCOCC3)cc2OCC)c1Cl. The number of unbranched alkanes of at least 4 members (excludes halogenated alkanes) is 1. The van der Waals surface area contributed by atoms with Gasteiger partial charge < -0.3 is 24.4 Å². The number of morpholine rings is 1. The first kappa shape index (κ1) is 25.9. The van der Waals surface area contributed by atoms with Gasteiger partial charge in [-0.25, -0.2) is 0 Å². The summed E-state index contributed by atoms with van der Waals surface area (Å²) < 4.78 is 19.0. The van der Waals surface area contributed by atoms with Crippen LogP contribution < -0.4 is 19.7 Å². The van der Waals surface area contributed by atoms with E-state index in [1.54, 1.807) is 10.8 Å². The number of hydrogen-bond acceptors (Lipinski definition) is 6. The third-order valence-electron chi connectivity index (χ3n) is 5.50. The summed E-state index contributed by atoms with van der Waals surface area (Å²) in [6.07, 6.45) is 5.21. The molecule has 0 bridgehead atoms. The summed E-state index contributed by atoms with van der Waals surface area (Å²) in [4.78, 5) is 15.0. The van der Waals surface area contributed by atoms with E-state index in [2.05, 4.69) is 22.2 Å². The zero-order valence-corrected chi connectivity index (χ0v) is 21.3. The second kappa shape index (κ2) is 12.7. The van der Waals surface area contributed by atoms with E-state index >= 15 is 0 Å². The Bertz CT molecular complexity index is 999. The molecule has 0 spiro atoms. The van der Waals surface area contributed by atoms with Gasteiger partial charge in [0.15, 0.2) is 0 Å². The number of anilines is 2. The van der Waals surface area contributed by atoms with Crippen LogP contribution >= 0.6 is 11.6 Å². The highest BCUT2D eigenvalue weighted by Gasteiger charge is 2.20. The Morgan fingerprint density at radius 2 is 1.88 bits per heavy atom. The molecule has 1 fully saturated rings. The monoisotopic (exact) mass is 490 g/mol. The summed E-state index contributed by atoms with van der Waals surface area (Å²) in [5.41, 5.74) is 3.02. The van der Waals surface area contributed by atoms with Crippen LogP contribution in [0.15, 0.2) is 18.2 Å². The number of rotatable bonds is 11. The van der Waals surface area contributed by atoms with Crippen LogP contribution in [0.2, 0.25) is 5.15 Å². The summed E-state index contributed by atoms with van der Waals surface area (Å²) in [5.74, 6) is 0.998. The van der Waals surface area contributed by atoms with Gasteiger partial charge in [-0.2, -0.15) is 5.10 Å². The zero-order valence-electron chi connectivity index (χ0n) is 20.5. The van der Waals surface area contributed by atoms with E-state index in [9.17, 15) is 4.79 Å². The van der Waals surface area contributed by atoms with Crippen molar-refractivity contribution in [2.45, 2.75) is 47.1 Å². The predicted molar refractivity (Wildman–Crippen MR) is 136 cm³/mol. The molecule has 0 unspecified atom stereocenters. The lowest BCUT2D eigenvalue weighted by molar-refractivity contribution is -0.111. The summed E-state index contributed by atoms with van der Waals surface area (Å²) in [6, 6.07) is 3.75. The number of carbonyl (C=O) groups is 1. The fourth-order valence-corrected chi connectivity index (χ4v) is 4.11. The maximum Gasteiger partial charge on any atom is 0.248 e. The molecule has 9 heteroatoms. The summed E-state index contributed by atoms with van der Waals surface area (Å²) in [6.45, 7) is 12.5. The summed E-state index contributed by atoms with van der Waals surface area (Å²) in [7, 11) is 0. The first-order valence-electron chi connectivity index (χ1n) is 12.0. The molecule has 186 valence electrons. The Balaban J connectivity index is 1.82. The molecule has 0 atom stereocenters. The van der Waals surface area contributed by atoms with Crippen molar-refractivity contribution >= 4 is 35.0 Å². The number of nitrogens with one attached hydrogen (secondary N) is 1. The molecular weight excluding hydrogens is 456 g/mol. The van der Waals surface area contributed by atoms with Gasteiger partial charge in [0.25, 0.3) is 0 Å². The molecule has 2 aromatic rings. The van der Waals surface area contributed by atoms with Gasteiger partial charge in [0.2, 0.25) is 5.91 Å². The van der Waals surface area contributed by atoms with Gasteiger partial charge in [-0.15, -0.1) is 0 Å². The minimum atomic E-state index is -0.292. The number of carbonyl (C=O) groups excluding carboxylic acids is 1. The van der Waals surface area contributed by atoms with Crippen molar-refractivity contribution in [2.75, 3.05) is 49.7 Å². The molecule has 0 aliphatic carbocycles. The fraction of sp³-hybridized carbons (Fsp3) is 0.520. The quantitative estimate of drug-likeness (QED) is 0.450. The van der Waals surface area contributed by atoms with Gasteiger partial charge >= 0.3 is 0 Å². The molecule has 1 N–H and O–H groups in total. The van der Waals surface area contributed by atoms with Gasteiger partial charge in [-0.3, -0.25) is 9.48 Å². The lowest BCUT2D eigenvalue weighted by Crippen LogP contribution is -2.36. The molecular formula is C25H35ClN4O4. The average Bonchev–Trinajstić information content (AvgIpc) is 3.10. The first-order chi connectivity index (χ1) is 16.5. The molecule has 1 aromatic heterocycles. The van der Waals surface area contributed by atoms with E-state index in [4.69, 9.17) is 25.8 Å². The second-order valence-corrected chi connectivity index (χ2v) is 8.33. The molecule has 1 saturated heterocycles. The number of halogens is 1. The number of amides is 1. The molecule has 1 aliphatic heterocycles. The number of nitrogens with zero attached hydrogens (tertiary/aromatic N) is 3. The average molecular weight is 491 g/mol. The van der Waals surface area contributed by atoms with Gasteiger partial charge in [-0.1, -0.05) is 24.9 Å². The Morgan fingerprint density at radius 3 is 2.56 bits per heavy atom. The van der Waals surface area contributed by atoms with E-state index < -0.39 is 0 Å². The van der Waals surface area contributed by atoms with Crippen molar-refractivity contribution in [1.29, 1.82) is 0 Å². The van der Waals surface area contributed by atoms with Crippen molar-refractivity contribution in [3.05, 3.63) is 34.6 Å². The zero-order chi connectivity index (χ0) is 24.5.